The van der Waals surface area contributed by atoms with E-state index >= 15 is 0 Å². The number of carbonyl (C=O) groups is 2. The van der Waals surface area contributed by atoms with Crippen LogP contribution in [0, 0.1) is 5.92 Å². The fourth-order valence-electron chi connectivity index (χ4n) is 3.53. The van der Waals surface area contributed by atoms with E-state index in [-0.39, 0.29) is 17.5 Å². The van der Waals surface area contributed by atoms with Gasteiger partial charge in [0, 0.05) is 25.6 Å². The molecule has 0 saturated heterocycles. The van der Waals surface area contributed by atoms with Crippen LogP contribution in [0.5, 0.6) is 11.5 Å². The van der Waals surface area contributed by atoms with Gasteiger partial charge >= 0.3 is 0 Å². The number of carbonyl (C=O) groups excluding carboxylic acids is 2. The molecule has 3 rings (SSSR count). The van der Waals surface area contributed by atoms with Crippen LogP contribution in [0.25, 0.3) is 0 Å². The first-order valence-corrected chi connectivity index (χ1v) is 9.43. The van der Waals surface area contributed by atoms with Crippen molar-refractivity contribution in [3.05, 3.63) is 59.7 Å². The molecule has 0 N–H and O–H groups in total. The molecule has 146 valence electrons. The zero-order chi connectivity index (χ0) is 19.9. The van der Waals surface area contributed by atoms with E-state index in [0.29, 0.717) is 37.3 Å². The van der Waals surface area contributed by atoms with E-state index < -0.39 is 5.92 Å². The Morgan fingerprint density at radius 3 is 2.29 bits per heavy atom. The normalized spacial score (nSPS) is 19.8. The van der Waals surface area contributed by atoms with Gasteiger partial charge in [-0.3, -0.25) is 14.6 Å². The van der Waals surface area contributed by atoms with E-state index in [9.17, 15) is 9.59 Å². The Kier molecular flexibility index (Phi) is 6.58. The number of methoxy groups -OCH3 is 2. The summed E-state index contributed by atoms with van der Waals surface area (Å²) in [4.78, 5) is 29.3. The maximum atomic E-state index is 12.5. The fraction of sp³-hybridized carbons (Fsp3) is 0.348. The fourth-order valence-corrected chi connectivity index (χ4v) is 3.53. The van der Waals surface area contributed by atoms with Crippen LogP contribution in [0.4, 0.5) is 0 Å². The van der Waals surface area contributed by atoms with Crippen molar-refractivity contribution in [1.82, 2.24) is 0 Å². The summed E-state index contributed by atoms with van der Waals surface area (Å²) in [6.45, 7) is 0.509. The highest BCUT2D eigenvalue weighted by molar-refractivity contribution is 6.16. The first-order chi connectivity index (χ1) is 13.6. The molecule has 0 heterocycles. The summed E-state index contributed by atoms with van der Waals surface area (Å²) < 4.78 is 10.5. The maximum absolute atomic E-state index is 12.5. The first-order valence-electron chi connectivity index (χ1n) is 9.43. The molecule has 0 radical (unpaired) electrons. The first kappa shape index (κ1) is 19.8. The second-order valence-electron chi connectivity index (χ2n) is 6.92. The number of rotatable bonds is 7. The lowest BCUT2D eigenvalue weighted by atomic mass is 9.77. The van der Waals surface area contributed by atoms with Crippen molar-refractivity contribution in [1.29, 1.82) is 0 Å². The Balaban J connectivity index is 1.56. The van der Waals surface area contributed by atoms with Gasteiger partial charge in [0.1, 0.15) is 17.5 Å². The predicted octanol–water partition coefficient (Wildman–Crippen LogP) is 3.65. The van der Waals surface area contributed by atoms with E-state index in [1.165, 1.54) is 6.21 Å². The zero-order valence-corrected chi connectivity index (χ0v) is 16.3. The number of aliphatic imine (C=N–C) groups is 1. The predicted molar refractivity (Wildman–Crippen MR) is 109 cm³/mol. The highest BCUT2D eigenvalue weighted by Gasteiger charge is 2.34. The summed E-state index contributed by atoms with van der Waals surface area (Å²) in [5.41, 5.74) is 2.10. The second-order valence-corrected chi connectivity index (χ2v) is 6.92. The molecule has 0 aromatic heterocycles. The van der Waals surface area contributed by atoms with Gasteiger partial charge in [0.2, 0.25) is 0 Å². The summed E-state index contributed by atoms with van der Waals surface area (Å²) in [7, 11) is 3.20. The van der Waals surface area contributed by atoms with Crippen molar-refractivity contribution < 1.29 is 19.1 Å². The lowest BCUT2D eigenvalue weighted by Gasteiger charge is -2.24. The number of hydrogen-bond acceptors (Lipinski definition) is 5. The molecule has 28 heavy (non-hydrogen) atoms. The second kappa shape index (κ2) is 9.31. The molecular formula is C23H25NO4. The highest BCUT2D eigenvalue weighted by atomic mass is 16.5. The Hall–Kier alpha value is -2.95. The van der Waals surface area contributed by atoms with Gasteiger partial charge in [-0.1, -0.05) is 36.4 Å². The third-order valence-corrected chi connectivity index (χ3v) is 5.09. The molecule has 1 aliphatic rings. The minimum Gasteiger partial charge on any atom is -0.493 e. The summed E-state index contributed by atoms with van der Waals surface area (Å²) in [5.74, 6) is 0.553. The van der Waals surface area contributed by atoms with Gasteiger partial charge in [-0.2, -0.15) is 0 Å². The van der Waals surface area contributed by atoms with Crippen molar-refractivity contribution in [2.45, 2.75) is 25.2 Å². The minimum atomic E-state index is -0.703. The molecule has 0 bridgehead atoms. The monoisotopic (exact) mass is 379 g/mol. The molecule has 0 atom stereocenters. The Labute approximate surface area is 165 Å². The van der Waals surface area contributed by atoms with Crippen molar-refractivity contribution in [3.63, 3.8) is 0 Å². The highest BCUT2D eigenvalue weighted by Crippen LogP contribution is 2.31. The van der Waals surface area contributed by atoms with E-state index in [2.05, 4.69) is 4.99 Å². The van der Waals surface area contributed by atoms with Gasteiger partial charge in [-0.25, -0.2) is 0 Å². The number of ether oxygens (including phenoxy) is 2. The number of hydrogen-bond donors (Lipinski definition) is 0. The third kappa shape index (κ3) is 4.66. The summed E-state index contributed by atoms with van der Waals surface area (Å²) in [6.07, 6.45) is 3.01. The topological polar surface area (TPSA) is 65.0 Å². The van der Waals surface area contributed by atoms with E-state index in [1.54, 1.807) is 14.2 Å². The molecule has 2 aromatic carbocycles. The van der Waals surface area contributed by atoms with Crippen LogP contribution in [-0.4, -0.2) is 38.5 Å². The molecule has 0 amide bonds. The molecule has 2 aromatic rings. The van der Waals surface area contributed by atoms with Crippen molar-refractivity contribution in [3.8, 4) is 11.5 Å². The van der Waals surface area contributed by atoms with Crippen LogP contribution >= 0.6 is 0 Å². The molecule has 1 aliphatic carbocycles. The number of benzene rings is 2. The number of Topliss-reactive ketones (excluding diaryl/α,β-unsaturated/α-hetero) is 2. The standard InChI is InChI=1S/C23H25NO4/c1-27-22-9-8-16(12-23(22)28-2)10-11-24-15-19-20(25)13-18(14-21(19)26)17-6-4-3-5-7-17/h3-9,12,15,18-19H,10-11,13-14H2,1-2H3. The van der Waals surface area contributed by atoms with E-state index in [0.717, 1.165) is 11.1 Å². The molecule has 5 heteroatoms. The Bertz CT molecular complexity index is 842. The zero-order valence-electron chi connectivity index (χ0n) is 16.3. The summed E-state index contributed by atoms with van der Waals surface area (Å²) >= 11 is 0. The van der Waals surface area contributed by atoms with Gasteiger partial charge in [0.05, 0.1) is 14.2 Å². The van der Waals surface area contributed by atoms with Gasteiger partial charge < -0.3 is 9.47 Å². The SMILES string of the molecule is COc1ccc(CCN=CC2C(=O)CC(c3ccccc3)CC2=O)cc1OC. The van der Waals surface area contributed by atoms with Crippen LogP contribution in [0.15, 0.2) is 53.5 Å². The lowest BCUT2D eigenvalue weighted by Crippen LogP contribution is -2.33. The summed E-state index contributed by atoms with van der Waals surface area (Å²) in [5, 5.41) is 0. The number of nitrogens with zero attached hydrogens (tertiary/aromatic N) is 1. The number of ketones is 2. The molecule has 1 saturated carbocycles. The van der Waals surface area contributed by atoms with Crippen molar-refractivity contribution in [2.24, 2.45) is 10.9 Å². The van der Waals surface area contributed by atoms with E-state index in [1.807, 2.05) is 48.5 Å². The Morgan fingerprint density at radius 1 is 0.964 bits per heavy atom. The van der Waals surface area contributed by atoms with Crippen LogP contribution in [0.1, 0.15) is 29.9 Å². The average molecular weight is 379 g/mol. The van der Waals surface area contributed by atoms with Crippen LogP contribution < -0.4 is 9.47 Å². The average Bonchev–Trinajstić information content (AvgIpc) is 2.73. The molecule has 0 spiro atoms. The van der Waals surface area contributed by atoms with Crippen LogP contribution in [-0.2, 0) is 16.0 Å². The van der Waals surface area contributed by atoms with Crippen molar-refractivity contribution in [2.75, 3.05) is 20.8 Å². The largest absolute Gasteiger partial charge is 0.493 e. The molecule has 0 unspecified atom stereocenters. The third-order valence-electron chi connectivity index (χ3n) is 5.09. The van der Waals surface area contributed by atoms with Crippen LogP contribution in [0.3, 0.4) is 0 Å². The van der Waals surface area contributed by atoms with Gasteiger partial charge in [-0.15, -0.1) is 0 Å². The van der Waals surface area contributed by atoms with Gasteiger partial charge in [0.15, 0.2) is 11.5 Å². The van der Waals surface area contributed by atoms with E-state index in [4.69, 9.17) is 9.47 Å². The lowest BCUT2D eigenvalue weighted by molar-refractivity contribution is -0.133. The minimum absolute atomic E-state index is 0.0161. The molecular weight excluding hydrogens is 354 g/mol. The van der Waals surface area contributed by atoms with Crippen LogP contribution in [0.2, 0.25) is 0 Å². The molecule has 0 aliphatic heterocycles. The smallest absolute Gasteiger partial charge is 0.160 e. The maximum Gasteiger partial charge on any atom is 0.160 e. The quantitative estimate of drug-likeness (QED) is 0.544. The molecule has 5 nitrogen and oxygen atoms in total. The van der Waals surface area contributed by atoms with Crippen molar-refractivity contribution >= 4 is 17.8 Å². The Morgan fingerprint density at radius 2 is 1.64 bits per heavy atom. The summed E-state index contributed by atoms with van der Waals surface area (Å²) in [6, 6.07) is 15.5. The van der Waals surface area contributed by atoms with Gasteiger partial charge in [0.25, 0.3) is 0 Å². The van der Waals surface area contributed by atoms with Gasteiger partial charge in [-0.05, 0) is 35.6 Å². The molecule has 1 fully saturated rings.